The number of nitrogens with one attached hydrogen (secondary N) is 2. The van der Waals surface area contributed by atoms with E-state index >= 15 is 0 Å². The molecule has 0 unspecified atom stereocenters. The average Bonchev–Trinajstić information content (AvgIpc) is 3.19. The molecule has 174 valence electrons. The number of pyridine rings is 1. The Hall–Kier alpha value is -3.95. The van der Waals surface area contributed by atoms with Crippen molar-refractivity contribution in [1.82, 2.24) is 14.9 Å². The zero-order valence-corrected chi connectivity index (χ0v) is 18.1. The van der Waals surface area contributed by atoms with Gasteiger partial charge in [-0.1, -0.05) is 60.7 Å². The van der Waals surface area contributed by atoms with Crippen LogP contribution in [0.1, 0.15) is 11.1 Å². The second kappa shape index (κ2) is 9.90. The van der Waals surface area contributed by atoms with Gasteiger partial charge in [0.05, 0.1) is 12.3 Å². The molecule has 4 aromatic rings. The molecule has 2 aromatic carbocycles. The number of hydrogen-bond donors (Lipinski definition) is 2. The van der Waals surface area contributed by atoms with Crippen LogP contribution in [-0.2, 0) is 9.63 Å². The monoisotopic (exact) mass is 466 g/mol. The summed E-state index contributed by atoms with van der Waals surface area (Å²) in [4.78, 5) is 21.2. The first-order valence-corrected chi connectivity index (χ1v) is 10.4. The van der Waals surface area contributed by atoms with Crippen molar-refractivity contribution >= 4 is 22.9 Å². The van der Waals surface area contributed by atoms with E-state index in [2.05, 4.69) is 10.5 Å². The number of halogens is 3. The summed E-state index contributed by atoms with van der Waals surface area (Å²) in [5, 5.41) is 1.92. The summed E-state index contributed by atoms with van der Waals surface area (Å²) in [6.07, 6.45) is -1.35. The molecule has 1 amide bonds. The van der Waals surface area contributed by atoms with Crippen molar-refractivity contribution in [3.05, 3.63) is 96.2 Å². The summed E-state index contributed by atoms with van der Waals surface area (Å²) in [7, 11) is 1.66. The lowest BCUT2D eigenvalue weighted by molar-refractivity contribution is -0.167. The molecule has 0 aliphatic carbocycles. The Morgan fingerprint density at radius 1 is 1.00 bits per heavy atom. The van der Waals surface area contributed by atoms with Crippen LogP contribution in [0.15, 0.2) is 85.1 Å². The molecular weight excluding hydrogens is 445 g/mol. The summed E-state index contributed by atoms with van der Waals surface area (Å²) in [6.45, 7) is 0.293. The van der Waals surface area contributed by atoms with Gasteiger partial charge in [-0.2, -0.15) is 13.2 Å². The maximum atomic E-state index is 13.0. The van der Waals surface area contributed by atoms with Gasteiger partial charge in [0.15, 0.2) is 5.82 Å². The van der Waals surface area contributed by atoms with Gasteiger partial charge in [0.1, 0.15) is 5.65 Å². The van der Waals surface area contributed by atoms with Crippen molar-refractivity contribution in [2.75, 3.05) is 19.0 Å². The van der Waals surface area contributed by atoms with Gasteiger partial charge in [-0.25, -0.2) is 10.5 Å². The summed E-state index contributed by atoms with van der Waals surface area (Å²) in [6, 6.07) is 22.0. The van der Waals surface area contributed by atoms with Crippen molar-refractivity contribution in [3.63, 3.8) is 0 Å². The number of amides is 1. The summed E-state index contributed by atoms with van der Waals surface area (Å²) in [5.41, 5.74) is 6.56. The minimum atomic E-state index is -5.04. The van der Waals surface area contributed by atoms with Crippen molar-refractivity contribution in [2.45, 2.75) is 6.18 Å². The summed E-state index contributed by atoms with van der Waals surface area (Å²) >= 11 is 0. The third kappa shape index (κ3) is 5.00. The highest BCUT2D eigenvalue weighted by Gasteiger charge is 2.39. The smallest absolute Gasteiger partial charge is 0.301 e. The van der Waals surface area contributed by atoms with Gasteiger partial charge in [-0.3, -0.25) is 14.0 Å². The van der Waals surface area contributed by atoms with Crippen molar-refractivity contribution in [3.8, 4) is 11.3 Å². The van der Waals surface area contributed by atoms with Gasteiger partial charge in [0.2, 0.25) is 0 Å². The van der Waals surface area contributed by atoms with E-state index in [1.807, 2.05) is 47.8 Å². The predicted octanol–water partition coefficient (Wildman–Crippen LogP) is 5.08. The number of carbonyl (C=O) groups is 1. The number of aromatic nitrogens is 2. The van der Waals surface area contributed by atoms with Gasteiger partial charge >= 0.3 is 12.1 Å². The fraction of sp³-hybridized carbons (Fsp3) is 0.120. The zero-order chi connectivity index (χ0) is 24.1. The second-order valence-electron chi connectivity index (χ2n) is 7.27. The lowest BCUT2D eigenvalue weighted by Crippen LogP contribution is -2.30. The third-order valence-corrected chi connectivity index (χ3v) is 5.07. The topological polar surface area (TPSA) is 67.7 Å². The first kappa shape index (κ1) is 23.2. The first-order valence-electron chi connectivity index (χ1n) is 10.4. The normalized spacial score (nSPS) is 12.2. The van der Waals surface area contributed by atoms with E-state index in [1.54, 1.807) is 54.0 Å². The van der Waals surface area contributed by atoms with Crippen molar-refractivity contribution in [1.29, 1.82) is 0 Å². The lowest BCUT2D eigenvalue weighted by Gasteiger charge is -2.12. The predicted molar refractivity (Wildman–Crippen MR) is 124 cm³/mol. The number of hydroxylamine groups is 1. The molecule has 2 heterocycles. The first-order chi connectivity index (χ1) is 16.4. The second-order valence-corrected chi connectivity index (χ2v) is 7.27. The Morgan fingerprint density at radius 3 is 2.32 bits per heavy atom. The Bertz CT molecular complexity index is 1320. The van der Waals surface area contributed by atoms with E-state index in [-0.39, 0.29) is 5.82 Å². The Balaban J connectivity index is 1.88. The number of benzene rings is 2. The Kier molecular flexibility index (Phi) is 6.76. The van der Waals surface area contributed by atoms with Crippen LogP contribution in [0, 0.1) is 0 Å². The molecule has 34 heavy (non-hydrogen) atoms. The molecule has 0 spiro atoms. The fourth-order valence-electron chi connectivity index (χ4n) is 3.57. The molecule has 2 aromatic heterocycles. The minimum absolute atomic E-state index is 0.172. The molecule has 0 aliphatic heterocycles. The van der Waals surface area contributed by atoms with Crippen molar-refractivity contribution < 1.29 is 22.8 Å². The van der Waals surface area contributed by atoms with E-state index < -0.39 is 12.1 Å². The van der Waals surface area contributed by atoms with Crippen LogP contribution in [0.3, 0.4) is 0 Å². The van der Waals surface area contributed by atoms with Crippen LogP contribution in [0.25, 0.3) is 22.5 Å². The molecule has 0 saturated heterocycles. The number of alkyl halides is 3. The van der Waals surface area contributed by atoms with Crippen LogP contribution in [0.2, 0.25) is 0 Å². The van der Waals surface area contributed by atoms with E-state index in [9.17, 15) is 18.0 Å². The highest BCUT2D eigenvalue weighted by atomic mass is 19.4. The standard InChI is InChI=1S/C25H21F3N4O2/c1-29-34-15-14-20(17-8-4-2-5-9-17)19-12-13-21-30-23(31-24(33)25(26,27)28)22(32(21)16-19)18-10-6-3-7-11-18/h2-14,16,29H,15H2,1H3,(H,31,33)/b20-14+. The highest BCUT2D eigenvalue weighted by Crippen LogP contribution is 2.32. The SMILES string of the molecule is CNOC/C=C(\c1ccccc1)c1ccc2nc(NC(=O)C(F)(F)F)c(-c3ccccc3)n2c1. The van der Waals surface area contributed by atoms with E-state index in [1.165, 1.54) is 0 Å². The molecule has 4 rings (SSSR count). The lowest BCUT2D eigenvalue weighted by atomic mass is 9.99. The minimum Gasteiger partial charge on any atom is -0.301 e. The largest absolute Gasteiger partial charge is 0.471 e. The molecule has 0 atom stereocenters. The average molecular weight is 466 g/mol. The molecule has 6 nitrogen and oxygen atoms in total. The number of anilines is 1. The summed E-state index contributed by atoms with van der Waals surface area (Å²) < 4.78 is 40.5. The molecule has 0 radical (unpaired) electrons. The molecule has 0 saturated carbocycles. The van der Waals surface area contributed by atoms with E-state index in [0.29, 0.717) is 23.5 Å². The van der Waals surface area contributed by atoms with Gasteiger partial charge in [0, 0.05) is 18.8 Å². The van der Waals surface area contributed by atoms with E-state index in [4.69, 9.17) is 4.84 Å². The summed E-state index contributed by atoms with van der Waals surface area (Å²) in [5.74, 6) is -2.25. The van der Waals surface area contributed by atoms with Crippen LogP contribution in [0.5, 0.6) is 0 Å². The van der Waals surface area contributed by atoms with Gasteiger partial charge in [0.25, 0.3) is 0 Å². The van der Waals surface area contributed by atoms with Gasteiger partial charge in [-0.05, 0) is 34.9 Å². The molecule has 0 fully saturated rings. The van der Waals surface area contributed by atoms with Crippen molar-refractivity contribution in [2.24, 2.45) is 0 Å². The molecule has 0 bridgehead atoms. The Labute approximate surface area is 193 Å². The highest BCUT2D eigenvalue weighted by molar-refractivity contribution is 5.97. The maximum absolute atomic E-state index is 13.0. The number of hydrogen-bond acceptors (Lipinski definition) is 4. The van der Waals surface area contributed by atoms with Gasteiger partial charge < -0.3 is 5.32 Å². The molecule has 2 N–H and O–H groups in total. The number of carbonyl (C=O) groups excluding carboxylic acids is 1. The zero-order valence-electron chi connectivity index (χ0n) is 18.1. The Morgan fingerprint density at radius 2 is 1.68 bits per heavy atom. The van der Waals surface area contributed by atoms with E-state index in [0.717, 1.165) is 16.7 Å². The molecule has 9 heteroatoms. The fourth-order valence-corrected chi connectivity index (χ4v) is 3.57. The van der Waals surface area contributed by atoms with Crippen LogP contribution in [-0.4, -0.2) is 35.1 Å². The third-order valence-electron chi connectivity index (χ3n) is 5.07. The number of imidazole rings is 1. The van der Waals surface area contributed by atoms with Crippen LogP contribution < -0.4 is 10.8 Å². The number of nitrogens with zero attached hydrogens (tertiary/aromatic N) is 2. The quantitative estimate of drug-likeness (QED) is 0.294. The molecular formula is C25H21F3N4O2. The van der Waals surface area contributed by atoms with Crippen LogP contribution >= 0.6 is 0 Å². The number of fused-ring (bicyclic) bond motifs is 1. The number of rotatable bonds is 7. The molecule has 0 aliphatic rings. The van der Waals surface area contributed by atoms with Crippen LogP contribution in [0.4, 0.5) is 19.0 Å². The van der Waals surface area contributed by atoms with Gasteiger partial charge in [-0.15, -0.1) is 0 Å². The maximum Gasteiger partial charge on any atom is 0.471 e.